The van der Waals surface area contributed by atoms with Gasteiger partial charge >= 0.3 is 0 Å². The Hall–Kier alpha value is 0.230. The van der Waals surface area contributed by atoms with Gasteiger partial charge in [0.05, 0.1) is 18.8 Å². The highest BCUT2D eigenvalue weighted by atomic mass is 32.2. The van der Waals surface area contributed by atoms with Crippen LogP contribution in [0.3, 0.4) is 0 Å². The van der Waals surface area contributed by atoms with Crippen LogP contribution in [0.1, 0.15) is 39.0 Å². The lowest BCUT2D eigenvalue weighted by Crippen LogP contribution is -2.35. The number of aliphatic hydroxyl groups is 1. The van der Waals surface area contributed by atoms with Gasteiger partial charge in [-0.1, -0.05) is 19.8 Å². The van der Waals surface area contributed by atoms with Crippen molar-refractivity contribution < 1.29 is 9.84 Å². The lowest BCUT2D eigenvalue weighted by molar-refractivity contribution is -0.0307. The lowest BCUT2D eigenvalue weighted by Gasteiger charge is -2.27. The highest BCUT2D eigenvalue weighted by Gasteiger charge is 2.20. The molecule has 4 unspecified atom stereocenters. The Kier molecular flexibility index (Phi) is 6.99. The highest BCUT2D eigenvalue weighted by Crippen LogP contribution is 2.25. The molecule has 0 aromatic carbocycles. The van der Waals surface area contributed by atoms with Crippen LogP contribution in [0.25, 0.3) is 0 Å². The van der Waals surface area contributed by atoms with Crippen molar-refractivity contribution in [3.8, 4) is 0 Å². The standard InChI is InChI=1S/C15H29NO2S/c1-12-3-2-4-15(7-12)18-10-14(17)9-16-8-13-5-6-19-11-13/h12-17H,2-11H2,1H3. The van der Waals surface area contributed by atoms with E-state index in [4.69, 9.17) is 4.74 Å². The maximum atomic E-state index is 9.93. The second kappa shape index (κ2) is 8.50. The maximum Gasteiger partial charge on any atom is 0.0897 e. The molecular weight excluding hydrogens is 258 g/mol. The summed E-state index contributed by atoms with van der Waals surface area (Å²) >= 11 is 2.04. The van der Waals surface area contributed by atoms with Gasteiger partial charge in [0.1, 0.15) is 0 Å². The number of thioether (sulfide) groups is 1. The molecule has 1 saturated carbocycles. The number of aliphatic hydroxyl groups excluding tert-OH is 1. The molecule has 2 fully saturated rings. The number of nitrogens with one attached hydrogen (secondary N) is 1. The number of hydrogen-bond donors (Lipinski definition) is 2. The van der Waals surface area contributed by atoms with Crippen molar-refractivity contribution in [2.45, 2.75) is 51.2 Å². The molecule has 19 heavy (non-hydrogen) atoms. The van der Waals surface area contributed by atoms with Crippen LogP contribution in [0.2, 0.25) is 0 Å². The first-order valence-electron chi connectivity index (χ1n) is 7.82. The Labute approximate surface area is 121 Å². The first-order chi connectivity index (χ1) is 9.24. The minimum Gasteiger partial charge on any atom is -0.389 e. The van der Waals surface area contributed by atoms with Crippen LogP contribution < -0.4 is 5.32 Å². The fourth-order valence-corrected chi connectivity index (χ4v) is 4.32. The van der Waals surface area contributed by atoms with Gasteiger partial charge < -0.3 is 15.2 Å². The fraction of sp³-hybridized carbons (Fsp3) is 1.00. The Bertz CT molecular complexity index is 246. The Morgan fingerprint density at radius 1 is 1.37 bits per heavy atom. The van der Waals surface area contributed by atoms with Crippen molar-refractivity contribution in [1.29, 1.82) is 0 Å². The summed E-state index contributed by atoms with van der Waals surface area (Å²) in [6.45, 7) is 4.50. The summed E-state index contributed by atoms with van der Waals surface area (Å²) in [4.78, 5) is 0. The van der Waals surface area contributed by atoms with Crippen LogP contribution in [0.5, 0.6) is 0 Å². The predicted molar refractivity (Wildman–Crippen MR) is 81.7 cm³/mol. The molecule has 1 aliphatic carbocycles. The molecule has 0 amide bonds. The third-order valence-corrected chi connectivity index (χ3v) is 5.48. The SMILES string of the molecule is CC1CCCC(OCC(O)CNCC2CCSC2)C1. The Morgan fingerprint density at radius 3 is 3.00 bits per heavy atom. The van der Waals surface area contributed by atoms with E-state index >= 15 is 0 Å². The van der Waals surface area contributed by atoms with Crippen LogP contribution >= 0.6 is 11.8 Å². The van der Waals surface area contributed by atoms with Gasteiger partial charge in [0.2, 0.25) is 0 Å². The zero-order valence-electron chi connectivity index (χ0n) is 12.1. The van der Waals surface area contributed by atoms with Gasteiger partial charge in [-0.05, 0) is 49.1 Å². The average molecular weight is 287 g/mol. The van der Waals surface area contributed by atoms with Crippen molar-refractivity contribution >= 4 is 11.8 Å². The molecule has 2 aliphatic rings. The van der Waals surface area contributed by atoms with E-state index in [1.165, 1.54) is 43.6 Å². The summed E-state index contributed by atoms with van der Waals surface area (Å²) in [6, 6.07) is 0. The largest absolute Gasteiger partial charge is 0.389 e. The molecule has 1 heterocycles. The van der Waals surface area contributed by atoms with E-state index < -0.39 is 0 Å². The zero-order valence-corrected chi connectivity index (χ0v) is 13.0. The quantitative estimate of drug-likeness (QED) is 0.754. The van der Waals surface area contributed by atoms with Crippen molar-refractivity contribution in [3.05, 3.63) is 0 Å². The second-order valence-electron chi connectivity index (χ2n) is 6.27. The highest BCUT2D eigenvalue weighted by molar-refractivity contribution is 7.99. The summed E-state index contributed by atoms with van der Waals surface area (Å²) in [5.74, 6) is 4.17. The average Bonchev–Trinajstić information content (AvgIpc) is 2.90. The van der Waals surface area contributed by atoms with Gasteiger partial charge in [-0.2, -0.15) is 11.8 Å². The van der Waals surface area contributed by atoms with Crippen LogP contribution in [-0.4, -0.2) is 48.5 Å². The van der Waals surface area contributed by atoms with Gasteiger partial charge in [0, 0.05) is 6.54 Å². The second-order valence-corrected chi connectivity index (χ2v) is 7.42. The van der Waals surface area contributed by atoms with Crippen molar-refractivity contribution in [2.75, 3.05) is 31.2 Å². The van der Waals surface area contributed by atoms with E-state index in [1.54, 1.807) is 0 Å². The van der Waals surface area contributed by atoms with E-state index in [0.717, 1.165) is 18.4 Å². The summed E-state index contributed by atoms with van der Waals surface area (Å²) in [5.41, 5.74) is 0. The van der Waals surface area contributed by atoms with E-state index in [2.05, 4.69) is 12.2 Å². The zero-order chi connectivity index (χ0) is 13.5. The van der Waals surface area contributed by atoms with Gasteiger partial charge in [-0.25, -0.2) is 0 Å². The summed E-state index contributed by atoms with van der Waals surface area (Å²) < 4.78 is 5.84. The van der Waals surface area contributed by atoms with E-state index in [1.807, 2.05) is 11.8 Å². The molecular formula is C15H29NO2S. The molecule has 4 atom stereocenters. The van der Waals surface area contributed by atoms with Crippen LogP contribution in [0, 0.1) is 11.8 Å². The summed E-state index contributed by atoms with van der Waals surface area (Å²) in [5, 5.41) is 13.3. The normalized spacial score (nSPS) is 33.5. The monoisotopic (exact) mass is 287 g/mol. The molecule has 0 bridgehead atoms. The van der Waals surface area contributed by atoms with Gasteiger partial charge in [-0.15, -0.1) is 0 Å². The van der Waals surface area contributed by atoms with E-state index in [9.17, 15) is 5.11 Å². The number of ether oxygens (including phenoxy) is 1. The Balaban J connectivity index is 1.50. The molecule has 2 rings (SSSR count). The summed E-state index contributed by atoms with van der Waals surface area (Å²) in [7, 11) is 0. The van der Waals surface area contributed by atoms with Crippen molar-refractivity contribution in [1.82, 2.24) is 5.32 Å². The van der Waals surface area contributed by atoms with E-state index in [-0.39, 0.29) is 6.10 Å². The third kappa shape index (κ3) is 6.03. The van der Waals surface area contributed by atoms with Gasteiger partial charge in [-0.3, -0.25) is 0 Å². The molecule has 0 aromatic heterocycles. The van der Waals surface area contributed by atoms with E-state index in [0.29, 0.717) is 19.3 Å². The lowest BCUT2D eigenvalue weighted by atomic mass is 9.89. The number of rotatable bonds is 7. The fourth-order valence-electron chi connectivity index (χ4n) is 3.03. The molecule has 1 aliphatic heterocycles. The van der Waals surface area contributed by atoms with Gasteiger partial charge in [0.15, 0.2) is 0 Å². The van der Waals surface area contributed by atoms with Crippen molar-refractivity contribution in [2.24, 2.45) is 11.8 Å². The first-order valence-corrected chi connectivity index (χ1v) is 8.97. The molecule has 0 spiro atoms. The molecule has 0 radical (unpaired) electrons. The molecule has 4 heteroatoms. The molecule has 3 nitrogen and oxygen atoms in total. The number of hydrogen-bond acceptors (Lipinski definition) is 4. The third-order valence-electron chi connectivity index (χ3n) is 4.25. The van der Waals surface area contributed by atoms with Crippen LogP contribution in [0.15, 0.2) is 0 Å². The smallest absolute Gasteiger partial charge is 0.0897 e. The maximum absolute atomic E-state index is 9.93. The van der Waals surface area contributed by atoms with Crippen LogP contribution in [0.4, 0.5) is 0 Å². The molecule has 0 aromatic rings. The minimum atomic E-state index is -0.355. The molecule has 2 N–H and O–H groups in total. The molecule has 1 saturated heterocycles. The van der Waals surface area contributed by atoms with Gasteiger partial charge in [0.25, 0.3) is 0 Å². The minimum absolute atomic E-state index is 0.355. The first kappa shape index (κ1) is 15.6. The van der Waals surface area contributed by atoms with Crippen molar-refractivity contribution in [3.63, 3.8) is 0 Å². The predicted octanol–water partition coefficient (Wildman–Crippen LogP) is 2.29. The van der Waals surface area contributed by atoms with Crippen LogP contribution in [-0.2, 0) is 4.74 Å². The molecule has 112 valence electrons. The Morgan fingerprint density at radius 2 is 2.26 bits per heavy atom. The summed E-state index contributed by atoms with van der Waals surface area (Å²) in [6.07, 6.45) is 6.30. The topological polar surface area (TPSA) is 41.5 Å².